The Hall–Kier alpha value is -0.610. The van der Waals surface area contributed by atoms with E-state index in [1.807, 2.05) is 12.1 Å². The smallest absolute Gasteiger partial charge is 0.107 e. The molecule has 2 aromatic rings. The van der Waals surface area contributed by atoms with Gasteiger partial charge in [0.1, 0.15) is 5.69 Å². The number of H-pyrrole nitrogens is 1. The van der Waals surface area contributed by atoms with E-state index in [1.54, 1.807) is 0 Å². The van der Waals surface area contributed by atoms with E-state index >= 15 is 0 Å². The van der Waals surface area contributed by atoms with Crippen LogP contribution in [0.4, 0.5) is 0 Å². The minimum atomic E-state index is 0.686. The lowest BCUT2D eigenvalue weighted by Gasteiger charge is -1.98. The summed E-state index contributed by atoms with van der Waals surface area (Å²) in [7, 11) is 0. The van der Waals surface area contributed by atoms with Gasteiger partial charge in [-0.3, -0.25) is 5.10 Å². The number of hydrogen-bond acceptors (Lipinski definition) is 1. The van der Waals surface area contributed by atoms with Gasteiger partial charge in [-0.2, -0.15) is 5.10 Å². The first kappa shape index (κ1) is 10.5. The Bertz CT molecular complexity index is 512. The normalized spacial score (nSPS) is 15.4. The number of aromatic amines is 1. The number of halogens is 2. The van der Waals surface area contributed by atoms with Gasteiger partial charge in [-0.15, -0.1) is 0 Å². The molecule has 0 radical (unpaired) electrons. The summed E-state index contributed by atoms with van der Waals surface area (Å²) in [5.74, 6) is 0.686. The van der Waals surface area contributed by atoms with Crippen molar-refractivity contribution in [1.82, 2.24) is 10.2 Å². The minimum absolute atomic E-state index is 0.686. The molecule has 4 heteroatoms. The summed E-state index contributed by atoms with van der Waals surface area (Å²) in [6.45, 7) is 0. The summed E-state index contributed by atoms with van der Waals surface area (Å²) in [5.41, 5.74) is 3.39. The van der Waals surface area contributed by atoms with Crippen LogP contribution in [0.25, 0.3) is 11.3 Å². The van der Waals surface area contributed by atoms with Crippen molar-refractivity contribution in [3.8, 4) is 11.3 Å². The van der Waals surface area contributed by atoms with Crippen molar-refractivity contribution in [2.45, 2.75) is 18.8 Å². The van der Waals surface area contributed by atoms with Crippen LogP contribution in [0.2, 0.25) is 0 Å². The molecule has 3 rings (SSSR count). The van der Waals surface area contributed by atoms with Crippen molar-refractivity contribution in [3.63, 3.8) is 0 Å². The van der Waals surface area contributed by atoms with Crippen LogP contribution in [0, 0.1) is 0 Å². The van der Waals surface area contributed by atoms with Gasteiger partial charge < -0.3 is 0 Å². The first-order valence-electron chi connectivity index (χ1n) is 5.25. The summed E-state index contributed by atoms with van der Waals surface area (Å²) in [6, 6.07) is 8.21. The van der Waals surface area contributed by atoms with Gasteiger partial charge in [-0.05, 0) is 40.9 Å². The van der Waals surface area contributed by atoms with Crippen molar-refractivity contribution >= 4 is 31.9 Å². The molecule has 1 N–H and O–H groups in total. The second-order valence-electron chi connectivity index (χ2n) is 4.08. The van der Waals surface area contributed by atoms with Gasteiger partial charge in [0.2, 0.25) is 0 Å². The van der Waals surface area contributed by atoms with Gasteiger partial charge in [-0.25, -0.2) is 0 Å². The Kier molecular flexibility index (Phi) is 2.64. The lowest BCUT2D eigenvalue weighted by atomic mass is 10.1. The third-order valence-electron chi connectivity index (χ3n) is 2.84. The number of nitrogens with one attached hydrogen (secondary N) is 1. The SMILES string of the molecule is Brc1ccc(-c2n[nH]c(C3CC3)c2Br)cc1. The zero-order valence-corrected chi connectivity index (χ0v) is 11.7. The van der Waals surface area contributed by atoms with E-state index in [0.29, 0.717) is 5.92 Å². The highest BCUT2D eigenvalue weighted by Gasteiger charge is 2.29. The predicted molar refractivity (Wildman–Crippen MR) is 71.4 cm³/mol. The van der Waals surface area contributed by atoms with Crippen molar-refractivity contribution in [3.05, 3.63) is 38.9 Å². The number of hydrogen-bond donors (Lipinski definition) is 1. The predicted octanol–water partition coefficient (Wildman–Crippen LogP) is 4.48. The highest BCUT2D eigenvalue weighted by atomic mass is 79.9. The molecule has 0 saturated heterocycles. The van der Waals surface area contributed by atoms with Gasteiger partial charge in [0, 0.05) is 16.0 Å². The highest BCUT2D eigenvalue weighted by molar-refractivity contribution is 9.10. The van der Waals surface area contributed by atoms with Crippen molar-refractivity contribution in [1.29, 1.82) is 0 Å². The molecule has 16 heavy (non-hydrogen) atoms. The Labute approximate surface area is 111 Å². The average molecular weight is 342 g/mol. The fourth-order valence-electron chi connectivity index (χ4n) is 1.78. The van der Waals surface area contributed by atoms with Crippen LogP contribution >= 0.6 is 31.9 Å². The second-order valence-corrected chi connectivity index (χ2v) is 5.79. The van der Waals surface area contributed by atoms with Crippen LogP contribution in [-0.2, 0) is 0 Å². The zero-order valence-electron chi connectivity index (χ0n) is 8.50. The number of benzene rings is 1. The van der Waals surface area contributed by atoms with E-state index in [1.165, 1.54) is 18.5 Å². The largest absolute Gasteiger partial charge is 0.280 e. The topological polar surface area (TPSA) is 28.7 Å². The molecule has 2 nitrogen and oxygen atoms in total. The highest BCUT2D eigenvalue weighted by Crippen LogP contribution is 2.44. The standard InChI is InChI=1S/C12H10Br2N2/c13-9-5-3-8(4-6-9)12-10(14)11(15-16-12)7-1-2-7/h3-7H,1-2H2,(H,15,16). The first-order chi connectivity index (χ1) is 7.75. The molecular weight excluding hydrogens is 332 g/mol. The van der Waals surface area contributed by atoms with Gasteiger partial charge >= 0.3 is 0 Å². The molecular formula is C12H10Br2N2. The fourth-order valence-corrected chi connectivity index (χ4v) is 2.78. The number of nitrogens with zero attached hydrogens (tertiary/aromatic N) is 1. The molecule has 1 aromatic heterocycles. The lowest BCUT2D eigenvalue weighted by Crippen LogP contribution is -1.79. The molecule has 1 fully saturated rings. The van der Waals surface area contributed by atoms with Crippen LogP contribution in [0.3, 0.4) is 0 Å². The number of rotatable bonds is 2. The molecule has 82 valence electrons. The molecule has 0 aliphatic heterocycles. The second kappa shape index (κ2) is 4.00. The van der Waals surface area contributed by atoms with E-state index in [0.717, 1.165) is 20.2 Å². The molecule has 0 atom stereocenters. The molecule has 0 amide bonds. The molecule has 0 bridgehead atoms. The third kappa shape index (κ3) is 1.84. The summed E-state index contributed by atoms with van der Waals surface area (Å²) in [6.07, 6.45) is 2.56. The van der Waals surface area contributed by atoms with Crippen LogP contribution in [0.5, 0.6) is 0 Å². The van der Waals surface area contributed by atoms with Crippen LogP contribution < -0.4 is 0 Å². The Morgan fingerprint density at radius 1 is 1.12 bits per heavy atom. The van der Waals surface area contributed by atoms with E-state index < -0.39 is 0 Å². The van der Waals surface area contributed by atoms with E-state index in [4.69, 9.17) is 0 Å². The van der Waals surface area contributed by atoms with Crippen LogP contribution in [0.1, 0.15) is 24.5 Å². The Morgan fingerprint density at radius 3 is 2.44 bits per heavy atom. The van der Waals surface area contributed by atoms with Crippen molar-refractivity contribution in [2.75, 3.05) is 0 Å². The quantitative estimate of drug-likeness (QED) is 0.857. The Morgan fingerprint density at radius 2 is 1.81 bits per heavy atom. The maximum Gasteiger partial charge on any atom is 0.107 e. The fraction of sp³-hybridized carbons (Fsp3) is 0.250. The van der Waals surface area contributed by atoms with Gasteiger partial charge in [0.15, 0.2) is 0 Å². The third-order valence-corrected chi connectivity index (χ3v) is 4.17. The summed E-state index contributed by atoms with van der Waals surface area (Å²) >= 11 is 7.08. The molecule has 1 heterocycles. The van der Waals surface area contributed by atoms with Crippen molar-refractivity contribution in [2.24, 2.45) is 0 Å². The molecule has 1 aliphatic carbocycles. The molecule has 1 saturated carbocycles. The Balaban J connectivity index is 2.02. The first-order valence-corrected chi connectivity index (χ1v) is 6.84. The van der Waals surface area contributed by atoms with Gasteiger partial charge in [0.25, 0.3) is 0 Å². The van der Waals surface area contributed by atoms with E-state index in [-0.39, 0.29) is 0 Å². The van der Waals surface area contributed by atoms with Crippen LogP contribution in [0.15, 0.2) is 33.2 Å². The summed E-state index contributed by atoms with van der Waals surface area (Å²) in [4.78, 5) is 0. The maximum atomic E-state index is 4.39. The minimum Gasteiger partial charge on any atom is -0.280 e. The van der Waals surface area contributed by atoms with Gasteiger partial charge in [-0.1, -0.05) is 28.1 Å². The van der Waals surface area contributed by atoms with E-state index in [9.17, 15) is 0 Å². The molecule has 1 aliphatic rings. The monoisotopic (exact) mass is 340 g/mol. The molecule has 0 spiro atoms. The molecule has 0 unspecified atom stereocenters. The van der Waals surface area contributed by atoms with Crippen molar-refractivity contribution < 1.29 is 0 Å². The number of aromatic nitrogens is 2. The zero-order chi connectivity index (χ0) is 11.1. The lowest BCUT2D eigenvalue weighted by molar-refractivity contribution is 0.963. The summed E-state index contributed by atoms with van der Waals surface area (Å²) in [5, 5.41) is 7.53. The summed E-state index contributed by atoms with van der Waals surface area (Å²) < 4.78 is 2.21. The van der Waals surface area contributed by atoms with Gasteiger partial charge in [0.05, 0.1) is 10.2 Å². The van der Waals surface area contributed by atoms with Crippen LogP contribution in [-0.4, -0.2) is 10.2 Å². The average Bonchev–Trinajstić information content (AvgIpc) is 3.05. The van der Waals surface area contributed by atoms with E-state index in [2.05, 4.69) is 54.2 Å². The maximum absolute atomic E-state index is 4.39. The molecule has 1 aromatic carbocycles.